The Morgan fingerprint density at radius 1 is 1.26 bits per heavy atom. The summed E-state index contributed by atoms with van der Waals surface area (Å²) < 4.78 is 33.2. The molecule has 3 aliphatic rings. The monoisotopic (exact) mass is 428 g/mol. The molecule has 1 aromatic heterocycles. The van der Waals surface area contributed by atoms with E-state index >= 15 is 0 Å². The van der Waals surface area contributed by atoms with Gasteiger partial charge in [-0.3, -0.25) is 4.90 Å². The Hall–Kier alpha value is -3.23. The molecule has 5 rings (SSSR count). The van der Waals surface area contributed by atoms with Crippen LogP contribution in [0.5, 0.6) is 0 Å². The Kier molecular flexibility index (Phi) is 4.95. The number of hydrogen-bond acceptors (Lipinski definition) is 8. The fourth-order valence-electron chi connectivity index (χ4n) is 4.27. The Morgan fingerprint density at radius 3 is 2.71 bits per heavy atom. The number of anilines is 2. The highest BCUT2D eigenvalue weighted by Gasteiger charge is 2.40. The number of carbonyl (C=O) groups is 1. The number of ether oxygens (including phenoxy) is 3. The predicted molar refractivity (Wildman–Crippen MR) is 105 cm³/mol. The molecule has 0 N–H and O–H groups in total. The summed E-state index contributed by atoms with van der Waals surface area (Å²) in [4.78, 5) is 15.7. The van der Waals surface area contributed by atoms with Gasteiger partial charge in [-0.15, -0.1) is 5.10 Å². The van der Waals surface area contributed by atoms with Crippen molar-refractivity contribution in [2.24, 2.45) is 0 Å². The highest BCUT2D eigenvalue weighted by atomic mass is 19.1. The van der Waals surface area contributed by atoms with Crippen LogP contribution in [0.1, 0.15) is 18.5 Å². The molecule has 10 nitrogen and oxygen atoms in total. The van der Waals surface area contributed by atoms with E-state index in [-0.39, 0.29) is 18.8 Å². The van der Waals surface area contributed by atoms with Crippen LogP contribution in [0.25, 0.3) is 0 Å². The Balaban J connectivity index is 1.24. The fraction of sp³-hybridized carbons (Fsp3) is 0.500. The lowest BCUT2D eigenvalue weighted by Crippen LogP contribution is -2.45. The molecule has 0 radical (unpaired) electrons. The van der Waals surface area contributed by atoms with E-state index in [4.69, 9.17) is 19.5 Å². The molecule has 0 saturated carbocycles. The van der Waals surface area contributed by atoms with Crippen molar-refractivity contribution >= 4 is 17.5 Å². The van der Waals surface area contributed by atoms with Gasteiger partial charge < -0.3 is 19.1 Å². The largest absolute Gasteiger partial charge is 0.442 e. The quantitative estimate of drug-likeness (QED) is 0.724. The van der Waals surface area contributed by atoms with E-state index in [1.165, 1.54) is 21.8 Å². The predicted octanol–water partition coefficient (Wildman–Crippen LogP) is 1.66. The Labute approximate surface area is 177 Å². The van der Waals surface area contributed by atoms with Crippen LogP contribution < -0.4 is 9.80 Å². The van der Waals surface area contributed by atoms with Crippen LogP contribution in [-0.4, -0.2) is 65.8 Å². The van der Waals surface area contributed by atoms with Gasteiger partial charge in [0, 0.05) is 25.9 Å². The summed E-state index contributed by atoms with van der Waals surface area (Å²) in [5, 5.41) is 16.3. The molecule has 3 fully saturated rings. The number of benzene rings is 1. The van der Waals surface area contributed by atoms with Gasteiger partial charge >= 0.3 is 6.09 Å². The van der Waals surface area contributed by atoms with Gasteiger partial charge in [0.2, 0.25) is 0 Å². The summed E-state index contributed by atoms with van der Waals surface area (Å²) in [6.45, 7) is 2.98. The number of amides is 1. The molecule has 1 aromatic carbocycles. The molecule has 1 amide bonds. The number of nitriles is 1. The van der Waals surface area contributed by atoms with Gasteiger partial charge in [-0.2, -0.15) is 5.26 Å². The number of piperidine rings is 1. The van der Waals surface area contributed by atoms with Crippen molar-refractivity contribution in [3.8, 4) is 6.07 Å². The summed E-state index contributed by atoms with van der Waals surface area (Å²) in [5.74, 6) is -0.910. The third-order valence-corrected chi connectivity index (χ3v) is 5.84. The molecule has 1 spiro atoms. The van der Waals surface area contributed by atoms with Crippen LogP contribution >= 0.6 is 0 Å². The minimum absolute atomic E-state index is 0.188. The molecular weight excluding hydrogens is 407 g/mol. The Bertz CT molecular complexity index is 1020. The summed E-state index contributed by atoms with van der Waals surface area (Å²) in [7, 11) is 0. The van der Waals surface area contributed by atoms with Crippen LogP contribution in [0.2, 0.25) is 0 Å². The van der Waals surface area contributed by atoms with Gasteiger partial charge in [-0.25, -0.2) is 13.9 Å². The zero-order chi connectivity index (χ0) is 21.4. The summed E-state index contributed by atoms with van der Waals surface area (Å²) in [6, 6.07) is 6.66. The van der Waals surface area contributed by atoms with Crippen molar-refractivity contribution in [1.82, 2.24) is 15.0 Å². The van der Waals surface area contributed by atoms with E-state index < -0.39 is 23.8 Å². The molecule has 11 heteroatoms. The topological polar surface area (TPSA) is 106 Å². The average Bonchev–Trinajstić information content (AvgIpc) is 3.50. The zero-order valence-corrected chi connectivity index (χ0v) is 16.7. The first-order valence-electron chi connectivity index (χ1n) is 10.2. The molecule has 1 atom stereocenters. The molecule has 0 aliphatic carbocycles. The summed E-state index contributed by atoms with van der Waals surface area (Å²) in [6.07, 6.45) is 1.82. The maximum absolute atomic E-state index is 14.9. The lowest BCUT2D eigenvalue weighted by atomic mass is 10.0. The molecule has 0 bridgehead atoms. The number of aromatic nitrogens is 3. The first kappa shape index (κ1) is 19.7. The van der Waals surface area contributed by atoms with Crippen molar-refractivity contribution in [2.45, 2.75) is 31.3 Å². The van der Waals surface area contributed by atoms with Gasteiger partial charge in [0.05, 0.1) is 43.9 Å². The fourth-order valence-corrected chi connectivity index (χ4v) is 4.27. The van der Waals surface area contributed by atoms with Crippen LogP contribution in [0.15, 0.2) is 24.4 Å². The van der Waals surface area contributed by atoms with Crippen molar-refractivity contribution in [1.29, 1.82) is 5.26 Å². The second kappa shape index (κ2) is 7.79. The SMILES string of the molecule is N#Cc1cn(C[C@@H]2CN(c3ccc(N4CCC5(CC4)OCCO5)c(F)c3)C(=O)O2)nn1. The molecule has 4 heterocycles. The van der Waals surface area contributed by atoms with Crippen molar-refractivity contribution in [3.05, 3.63) is 35.9 Å². The van der Waals surface area contributed by atoms with E-state index in [0.29, 0.717) is 50.5 Å². The standard InChI is InChI=1S/C20H21FN6O4/c21-17-9-15(1-2-18(17)25-5-3-20(4-6-25)29-7-8-30-20)27-13-16(31-19(27)28)12-26-11-14(10-22)23-24-26/h1-2,9,11,16H,3-8,12-13H2/t16-/m1/s1. The maximum atomic E-state index is 14.9. The lowest BCUT2D eigenvalue weighted by molar-refractivity contribution is -0.169. The minimum Gasteiger partial charge on any atom is -0.442 e. The maximum Gasteiger partial charge on any atom is 0.414 e. The van der Waals surface area contributed by atoms with E-state index in [2.05, 4.69) is 10.3 Å². The third-order valence-electron chi connectivity index (χ3n) is 5.84. The van der Waals surface area contributed by atoms with Gasteiger partial charge in [-0.1, -0.05) is 5.21 Å². The molecule has 0 unspecified atom stereocenters. The van der Waals surface area contributed by atoms with Crippen LogP contribution in [0.3, 0.4) is 0 Å². The lowest BCUT2D eigenvalue weighted by Gasteiger charge is -2.38. The van der Waals surface area contributed by atoms with Crippen molar-refractivity contribution in [3.63, 3.8) is 0 Å². The number of nitrogens with zero attached hydrogens (tertiary/aromatic N) is 6. The molecule has 3 saturated heterocycles. The number of halogens is 1. The van der Waals surface area contributed by atoms with Gasteiger partial charge in [0.15, 0.2) is 11.5 Å². The normalized spacial score (nSPS) is 22.7. The average molecular weight is 428 g/mol. The van der Waals surface area contributed by atoms with Gasteiger partial charge in [-0.05, 0) is 18.2 Å². The molecular formula is C20H21FN6O4. The van der Waals surface area contributed by atoms with Crippen LogP contribution in [0.4, 0.5) is 20.6 Å². The number of rotatable bonds is 4. The third kappa shape index (κ3) is 3.80. The molecule has 31 heavy (non-hydrogen) atoms. The smallest absolute Gasteiger partial charge is 0.414 e. The van der Waals surface area contributed by atoms with Gasteiger partial charge in [0.1, 0.15) is 18.0 Å². The second-order valence-corrected chi connectivity index (χ2v) is 7.78. The second-order valence-electron chi connectivity index (χ2n) is 7.78. The summed E-state index contributed by atoms with van der Waals surface area (Å²) >= 11 is 0. The molecule has 3 aliphatic heterocycles. The highest BCUT2D eigenvalue weighted by molar-refractivity contribution is 5.90. The first-order valence-corrected chi connectivity index (χ1v) is 10.2. The van der Waals surface area contributed by atoms with Crippen molar-refractivity contribution in [2.75, 3.05) is 42.6 Å². The van der Waals surface area contributed by atoms with Crippen molar-refractivity contribution < 1.29 is 23.4 Å². The number of carbonyl (C=O) groups excluding carboxylic acids is 1. The summed E-state index contributed by atoms with van der Waals surface area (Å²) in [5.41, 5.74) is 1.11. The van der Waals surface area contributed by atoms with E-state index in [0.717, 1.165) is 0 Å². The van der Waals surface area contributed by atoms with E-state index in [9.17, 15) is 9.18 Å². The van der Waals surface area contributed by atoms with Crippen LogP contribution in [-0.2, 0) is 20.8 Å². The number of cyclic esters (lactones) is 1. The van der Waals surface area contributed by atoms with Gasteiger partial charge in [0.25, 0.3) is 0 Å². The first-order chi connectivity index (χ1) is 15.0. The van der Waals surface area contributed by atoms with E-state index in [1.54, 1.807) is 12.1 Å². The zero-order valence-electron chi connectivity index (χ0n) is 16.7. The minimum atomic E-state index is -0.548. The Morgan fingerprint density at radius 2 is 2.03 bits per heavy atom. The number of hydrogen-bond donors (Lipinski definition) is 0. The van der Waals surface area contributed by atoms with Crippen LogP contribution in [0, 0.1) is 17.1 Å². The van der Waals surface area contributed by atoms with E-state index in [1.807, 2.05) is 11.0 Å². The molecule has 2 aromatic rings. The highest BCUT2D eigenvalue weighted by Crippen LogP contribution is 2.35. The molecule has 162 valence electrons.